The first-order valence-electron chi connectivity index (χ1n) is 18.2. The second-order valence-electron chi connectivity index (χ2n) is 15.4. The Kier molecular flexibility index (Phi) is 12.8. The molecule has 0 amide bonds. The minimum absolute atomic E-state index is 0.145. The van der Waals surface area contributed by atoms with Crippen LogP contribution in [0.4, 0.5) is 0 Å². The van der Waals surface area contributed by atoms with E-state index in [1.165, 1.54) is 0 Å². The first kappa shape index (κ1) is 39.3. The second-order valence-corrected chi connectivity index (χ2v) is 15.4. The molecule has 0 radical (unpaired) electrons. The van der Waals surface area contributed by atoms with Crippen LogP contribution in [0, 0.1) is 17.8 Å². The molecule has 3 aliphatic heterocycles. The number of esters is 1. The fourth-order valence-corrected chi connectivity index (χ4v) is 8.55. The van der Waals surface area contributed by atoms with Gasteiger partial charge in [-0.25, -0.2) is 4.79 Å². The maximum atomic E-state index is 12.4. The van der Waals surface area contributed by atoms with Crippen LogP contribution in [-0.4, -0.2) is 179 Å². The minimum atomic E-state index is -2.09. The average molecular weight is 736 g/mol. The highest BCUT2D eigenvalue weighted by molar-refractivity contribution is 5.82. The van der Waals surface area contributed by atoms with Gasteiger partial charge in [0.25, 0.3) is 0 Å². The Balaban J connectivity index is 1.10. The van der Waals surface area contributed by atoms with Gasteiger partial charge in [0.1, 0.15) is 37.1 Å². The zero-order valence-electron chi connectivity index (χ0n) is 28.4. The monoisotopic (exact) mass is 735 g/mol. The molecule has 51 heavy (non-hydrogen) atoms. The van der Waals surface area contributed by atoms with E-state index >= 15 is 0 Å². The molecule has 17 heteroatoms. The van der Waals surface area contributed by atoms with Crippen LogP contribution in [0.15, 0.2) is 12.2 Å². The fraction of sp³-hybridized carbons (Fsp3) is 0.912. The van der Waals surface area contributed by atoms with E-state index in [1.807, 2.05) is 0 Å². The molecule has 0 aromatic heterocycles. The summed E-state index contributed by atoms with van der Waals surface area (Å²) in [6, 6.07) is 0. The van der Waals surface area contributed by atoms with Crippen molar-refractivity contribution in [3.8, 4) is 0 Å². The standard InChI is InChI=1S/C34H54O17/c35-17-9-21(38)18-11-26(29(49-25(18)10-17)16-3-5-20(37)23(40)8-16)50-32-30(28(43)24(41)12-46-32)51-33-31(44)34(45,14-48-33)13-47-27(42)6-2-15-1-4-19(36)22(39)7-15/h2,6,15-26,28-33,35-41,43-45H,1,3-5,7-14H2/p+1. The van der Waals surface area contributed by atoms with Crippen LogP contribution >= 0.6 is 0 Å². The summed E-state index contributed by atoms with van der Waals surface area (Å²) in [5.74, 6) is -1.50. The van der Waals surface area contributed by atoms with E-state index in [1.54, 1.807) is 6.08 Å². The lowest BCUT2D eigenvalue weighted by Gasteiger charge is -2.48. The molecule has 0 aromatic carbocycles. The zero-order chi connectivity index (χ0) is 36.6. The van der Waals surface area contributed by atoms with E-state index in [4.69, 9.17) is 28.4 Å². The van der Waals surface area contributed by atoms with Crippen molar-refractivity contribution in [2.24, 2.45) is 17.8 Å². The predicted octanol–water partition coefficient (Wildman–Crippen LogP) is -3.77. The van der Waals surface area contributed by atoms with Crippen LogP contribution in [0.2, 0.25) is 0 Å². The van der Waals surface area contributed by atoms with Gasteiger partial charge in [0.05, 0.1) is 55.8 Å². The average Bonchev–Trinajstić information content (AvgIpc) is 3.37. The third-order valence-electron chi connectivity index (χ3n) is 11.7. The topological polar surface area (TPSA) is 278 Å². The quantitative estimate of drug-likeness (QED) is 0.0618. The lowest BCUT2D eigenvalue weighted by molar-refractivity contribution is -0.359. The van der Waals surface area contributed by atoms with Gasteiger partial charge in [0.2, 0.25) is 0 Å². The van der Waals surface area contributed by atoms with Crippen molar-refractivity contribution >= 4 is 5.97 Å². The molecule has 19 atom stereocenters. The normalized spacial score (nSPS) is 50.9. The summed E-state index contributed by atoms with van der Waals surface area (Å²) in [4.78, 5) is 12.4. The van der Waals surface area contributed by atoms with Crippen molar-refractivity contribution in [2.75, 3.05) is 19.8 Å². The number of carbonyl (C=O) groups is 1. The molecule has 0 spiro atoms. The Hall–Kier alpha value is -1.39. The predicted molar refractivity (Wildman–Crippen MR) is 170 cm³/mol. The summed E-state index contributed by atoms with van der Waals surface area (Å²) in [5.41, 5.74) is -2.09. The number of carbonyl (C=O) groups excluding carboxylic acids is 1. The maximum Gasteiger partial charge on any atom is 0.330 e. The van der Waals surface area contributed by atoms with Gasteiger partial charge < -0.3 is 79.5 Å². The van der Waals surface area contributed by atoms with Crippen LogP contribution in [0.25, 0.3) is 0 Å². The molecule has 17 nitrogen and oxygen atoms in total. The molecule has 6 aliphatic rings. The minimum Gasteiger partial charge on any atom is -0.459 e. The maximum absolute atomic E-state index is 12.4. The first-order valence-corrected chi connectivity index (χ1v) is 18.2. The van der Waals surface area contributed by atoms with Crippen molar-refractivity contribution in [3.63, 3.8) is 0 Å². The van der Waals surface area contributed by atoms with Gasteiger partial charge in [-0.15, -0.1) is 0 Å². The lowest BCUT2D eigenvalue weighted by Crippen LogP contribution is -2.62. The third-order valence-corrected chi connectivity index (χ3v) is 11.7. The Morgan fingerprint density at radius 2 is 1.49 bits per heavy atom. The Morgan fingerprint density at radius 1 is 0.765 bits per heavy atom. The van der Waals surface area contributed by atoms with Crippen LogP contribution < -0.4 is 0 Å². The molecule has 0 aromatic rings. The highest BCUT2D eigenvalue weighted by Gasteiger charge is 2.56. The Morgan fingerprint density at radius 3 is 2.22 bits per heavy atom. The summed E-state index contributed by atoms with van der Waals surface area (Å²) >= 11 is 0. The molecule has 3 aliphatic carbocycles. The van der Waals surface area contributed by atoms with Gasteiger partial charge in [-0.3, -0.25) is 0 Å². The highest BCUT2D eigenvalue weighted by atomic mass is 16.8. The molecule has 3 saturated heterocycles. The fourth-order valence-electron chi connectivity index (χ4n) is 8.55. The van der Waals surface area contributed by atoms with Gasteiger partial charge in [0, 0.05) is 24.8 Å². The molecule has 3 heterocycles. The van der Waals surface area contributed by atoms with E-state index < -0.39 is 111 Å². The largest absolute Gasteiger partial charge is 0.459 e. The van der Waals surface area contributed by atoms with E-state index in [-0.39, 0.29) is 49.7 Å². The molecule has 6 fully saturated rings. The molecule has 0 bridgehead atoms. The summed E-state index contributed by atoms with van der Waals surface area (Å²) < 4.78 is 33.9. The lowest BCUT2D eigenvalue weighted by atomic mass is 9.72. The SMILES string of the molecule is O=C(C=CC1CCC(O)C(O)C1)OCC1(O)COC(OC2C(OC3CC4C(O)CC(O)CC4[OH+]C3C3CCC(O)C(O)C3)OCC(O)C2O)C1O. The number of hydrogen-bond acceptors (Lipinski definition) is 16. The molecule has 292 valence electrons. The van der Waals surface area contributed by atoms with Gasteiger partial charge in [0.15, 0.2) is 30.4 Å². The van der Waals surface area contributed by atoms with E-state index in [2.05, 4.69) is 0 Å². The van der Waals surface area contributed by atoms with Crippen molar-refractivity contribution in [1.29, 1.82) is 0 Å². The molecular weight excluding hydrogens is 680 g/mol. The molecule has 6 rings (SSSR count). The summed E-state index contributed by atoms with van der Waals surface area (Å²) in [6.07, 6.45) is -9.84. The zero-order valence-corrected chi connectivity index (χ0v) is 28.4. The molecule has 19 unspecified atom stereocenters. The van der Waals surface area contributed by atoms with Crippen LogP contribution in [0.3, 0.4) is 0 Å². The van der Waals surface area contributed by atoms with Crippen LogP contribution in [0.5, 0.6) is 0 Å². The Labute approximate surface area is 295 Å². The smallest absolute Gasteiger partial charge is 0.330 e. The summed E-state index contributed by atoms with van der Waals surface area (Å²) in [7, 11) is 0. The van der Waals surface area contributed by atoms with Crippen LogP contribution in [-0.2, 0) is 28.5 Å². The van der Waals surface area contributed by atoms with Gasteiger partial charge >= 0.3 is 5.97 Å². The Bertz CT molecular complexity index is 1190. The molecule has 11 N–H and O–H groups in total. The van der Waals surface area contributed by atoms with Crippen molar-refractivity contribution in [3.05, 3.63) is 12.2 Å². The number of aliphatic hydroxyl groups is 12. The van der Waals surface area contributed by atoms with E-state index in [0.29, 0.717) is 38.5 Å². The molecule has 3 saturated carbocycles. The second kappa shape index (κ2) is 16.5. The number of rotatable bonds is 9. The van der Waals surface area contributed by atoms with Crippen molar-refractivity contribution in [2.45, 2.75) is 155 Å². The van der Waals surface area contributed by atoms with E-state index in [9.17, 15) is 55.9 Å². The summed E-state index contributed by atoms with van der Waals surface area (Å²) in [6.45, 7) is -1.49. The number of fused-ring (bicyclic) bond motifs is 1. The van der Waals surface area contributed by atoms with Gasteiger partial charge in [-0.05, 0) is 50.9 Å². The number of allylic oxidation sites excluding steroid dienone is 1. The number of ether oxygens (including phenoxy) is 6. The van der Waals surface area contributed by atoms with Gasteiger partial charge in [-0.2, -0.15) is 0 Å². The third kappa shape index (κ3) is 8.95. The van der Waals surface area contributed by atoms with Crippen molar-refractivity contribution < 1.29 is 84.3 Å². The van der Waals surface area contributed by atoms with E-state index in [0.717, 1.165) is 6.08 Å². The number of hydrogen-bond donors (Lipinski definition) is 10. The number of aliphatic hydroxyl groups excluding tert-OH is 9. The first-order chi connectivity index (χ1) is 24.2. The van der Waals surface area contributed by atoms with Crippen molar-refractivity contribution in [1.82, 2.24) is 0 Å². The highest BCUT2D eigenvalue weighted by Crippen LogP contribution is 2.42. The summed E-state index contributed by atoms with van der Waals surface area (Å²) in [5, 5.41) is 105. The van der Waals surface area contributed by atoms with Crippen LogP contribution in [0.1, 0.15) is 57.8 Å². The van der Waals surface area contributed by atoms with Gasteiger partial charge in [-0.1, -0.05) is 6.08 Å². The molecular formula is C34H55O17+.